The van der Waals surface area contributed by atoms with Crippen molar-refractivity contribution in [2.24, 2.45) is 7.05 Å². The van der Waals surface area contributed by atoms with Crippen LogP contribution in [-0.2, 0) is 22.3 Å². The number of carboxylic acids is 1. The highest BCUT2D eigenvalue weighted by molar-refractivity contribution is 7.98. The number of nitrogens with zero attached hydrogens (tertiary/aromatic N) is 3. The molecule has 1 aliphatic rings. The lowest BCUT2D eigenvalue weighted by Gasteiger charge is -2.21. The number of nitrogens with one attached hydrogen (secondary N) is 1. The molecule has 0 amide bonds. The molecular weight excluding hydrogens is 372 g/mol. The molecule has 2 N–H and O–H groups in total. The molecule has 0 spiro atoms. The van der Waals surface area contributed by atoms with Crippen LogP contribution in [0.3, 0.4) is 0 Å². The third kappa shape index (κ3) is 6.10. The maximum atomic E-state index is 11.4. The number of thioether (sulfide) groups is 1. The lowest BCUT2D eigenvalue weighted by Crippen LogP contribution is -2.27. The number of furan rings is 1. The molecule has 1 fully saturated rings. The van der Waals surface area contributed by atoms with E-state index in [1.807, 2.05) is 7.05 Å². The van der Waals surface area contributed by atoms with Crippen molar-refractivity contribution >= 4 is 23.7 Å². The Morgan fingerprint density at radius 2 is 2.04 bits per heavy atom. The smallest absolute Gasteiger partial charge is 0.373 e. The number of hydrogen-bond donors (Lipinski definition) is 2. The summed E-state index contributed by atoms with van der Waals surface area (Å²) in [6, 6.07) is 3.40. The van der Waals surface area contributed by atoms with Crippen molar-refractivity contribution in [3.05, 3.63) is 29.5 Å². The topological polar surface area (TPSA) is 119 Å². The molecule has 1 saturated heterocycles. The van der Waals surface area contributed by atoms with Crippen LogP contribution in [0.2, 0.25) is 0 Å². The predicted octanol–water partition coefficient (Wildman–Crippen LogP) is 2.04. The molecule has 0 radical (unpaired) electrons. The van der Waals surface area contributed by atoms with Gasteiger partial charge < -0.3 is 24.1 Å². The molecule has 10 heteroatoms. The molecule has 3 heterocycles. The lowest BCUT2D eigenvalue weighted by molar-refractivity contribution is -0.134. The Morgan fingerprint density at radius 3 is 2.67 bits per heavy atom. The normalized spacial score (nSPS) is 14.3. The maximum absolute atomic E-state index is 11.4. The minimum atomic E-state index is -0.833. The van der Waals surface area contributed by atoms with Gasteiger partial charge in [-0.3, -0.25) is 4.79 Å². The third-order valence-corrected chi connectivity index (χ3v) is 5.01. The van der Waals surface area contributed by atoms with Crippen LogP contribution in [-0.4, -0.2) is 52.0 Å². The van der Waals surface area contributed by atoms with E-state index in [9.17, 15) is 4.79 Å². The fourth-order valence-corrected chi connectivity index (χ4v) is 3.50. The van der Waals surface area contributed by atoms with Crippen molar-refractivity contribution in [3.8, 4) is 0 Å². The Bertz CT molecular complexity index is 763. The zero-order valence-corrected chi connectivity index (χ0v) is 16.4. The molecule has 3 rings (SSSR count). The van der Waals surface area contributed by atoms with Crippen molar-refractivity contribution in [2.45, 2.75) is 36.6 Å². The Morgan fingerprint density at radius 1 is 1.37 bits per heavy atom. The second-order valence-electron chi connectivity index (χ2n) is 5.99. The lowest BCUT2D eigenvalue weighted by atomic mass is 9.97. The quantitative estimate of drug-likeness (QED) is 0.578. The molecule has 0 bridgehead atoms. The summed E-state index contributed by atoms with van der Waals surface area (Å²) < 4.78 is 12.2. The molecule has 1 aliphatic heterocycles. The van der Waals surface area contributed by atoms with Crippen LogP contribution in [0.4, 0.5) is 0 Å². The third-order valence-electron chi connectivity index (χ3n) is 3.96. The fraction of sp³-hybridized carbons (Fsp3) is 0.529. The van der Waals surface area contributed by atoms with E-state index in [1.165, 1.54) is 7.11 Å². The molecule has 0 aromatic carbocycles. The predicted molar refractivity (Wildman–Crippen MR) is 98.8 cm³/mol. The van der Waals surface area contributed by atoms with Crippen LogP contribution in [0.15, 0.2) is 21.7 Å². The monoisotopic (exact) mass is 396 g/mol. The van der Waals surface area contributed by atoms with E-state index in [-0.39, 0.29) is 5.76 Å². The first-order chi connectivity index (χ1) is 12.9. The van der Waals surface area contributed by atoms with Gasteiger partial charge in [-0.15, -0.1) is 10.2 Å². The second-order valence-corrected chi connectivity index (χ2v) is 6.93. The van der Waals surface area contributed by atoms with Gasteiger partial charge in [-0.25, -0.2) is 4.79 Å². The number of carbonyl (C=O) groups excluding carboxylic acids is 1. The van der Waals surface area contributed by atoms with Crippen molar-refractivity contribution in [2.75, 3.05) is 20.2 Å². The van der Waals surface area contributed by atoms with Crippen molar-refractivity contribution in [3.63, 3.8) is 0 Å². The molecule has 9 nitrogen and oxygen atoms in total. The van der Waals surface area contributed by atoms with Crippen LogP contribution in [0, 0.1) is 0 Å². The highest BCUT2D eigenvalue weighted by Crippen LogP contribution is 2.28. The minimum absolute atomic E-state index is 0.219. The van der Waals surface area contributed by atoms with Gasteiger partial charge in [-0.05, 0) is 38.1 Å². The van der Waals surface area contributed by atoms with Gasteiger partial charge in [0.05, 0.1) is 12.9 Å². The van der Waals surface area contributed by atoms with Crippen LogP contribution >= 0.6 is 11.8 Å². The first-order valence-electron chi connectivity index (χ1n) is 8.51. The van der Waals surface area contributed by atoms with Crippen LogP contribution in [0.1, 0.15) is 47.8 Å². The van der Waals surface area contributed by atoms with Gasteiger partial charge in [-0.2, -0.15) is 0 Å². The molecule has 2 aromatic rings. The average Bonchev–Trinajstić information content (AvgIpc) is 3.26. The Labute approximate surface area is 161 Å². The standard InChI is InChI=1S/C15H20N4O3S.C2H4O2/c1-19-13(10-5-7-16-8-6-10)17-18-15(19)23-9-11-3-4-12(22-11)14(20)21-2;1-2(3)4/h3-4,10,16H,5-9H2,1-2H3;1H3,(H,3,4). The van der Waals surface area contributed by atoms with Gasteiger partial charge in [0, 0.05) is 19.9 Å². The van der Waals surface area contributed by atoms with E-state index in [2.05, 4.69) is 24.8 Å². The second kappa shape index (κ2) is 10.1. The highest BCUT2D eigenvalue weighted by atomic mass is 32.2. The van der Waals surface area contributed by atoms with E-state index in [4.69, 9.17) is 14.3 Å². The highest BCUT2D eigenvalue weighted by Gasteiger charge is 2.22. The fourth-order valence-electron chi connectivity index (χ4n) is 2.69. The molecule has 0 saturated carbocycles. The summed E-state index contributed by atoms with van der Waals surface area (Å²) in [4.78, 5) is 20.4. The number of carboxylic acid groups (broad SMARTS) is 1. The number of aromatic nitrogens is 3. The zero-order valence-electron chi connectivity index (χ0n) is 15.6. The van der Waals surface area contributed by atoms with Crippen molar-refractivity contribution in [1.29, 1.82) is 0 Å². The summed E-state index contributed by atoms with van der Waals surface area (Å²) in [7, 11) is 3.34. The minimum Gasteiger partial charge on any atom is -0.481 e. The van der Waals surface area contributed by atoms with Crippen LogP contribution in [0.25, 0.3) is 0 Å². The van der Waals surface area contributed by atoms with Crippen molar-refractivity contribution in [1.82, 2.24) is 20.1 Å². The maximum Gasteiger partial charge on any atom is 0.373 e. The number of carbonyl (C=O) groups is 2. The van der Waals surface area contributed by atoms with Gasteiger partial charge in [0.25, 0.3) is 5.97 Å². The largest absolute Gasteiger partial charge is 0.481 e. The first-order valence-corrected chi connectivity index (χ1v) is 9.50. The Kier molecular flexibility index (Phi) is 7.86. The molecule has 0 unspecified atom stereocenters. The Hall–Kier alpha value is -2.33. The average molecular weight is 396 g/mol. The molecule has 2 aromatic heterocycles. The van der Waals surface area contributed by atoms with Gasteiger partial charge in [0.2, 0.25) is 5.76 Å². The number of hydrogen-bond acceptors (Lipinski definition) is 8. The van der Waals surface area contributed by atoms with Crippen LogP contribution < -0.4 is 5.32 Å². The van der Waals surface area contributed by atoms with Crippen molar-refractivity contribution < 1.29 is 23.8 Å². The summed E-state index contributed by atoms with van der Waals surface area (Å²) in [6.07, 6.45) is 2.19. The van der Waals surface area contributed by atoms with Gasteiger partial charge in [0.15, 0.2) is 5.16 Å². The summed E-state index contributed by atoms with van der Waals surface area (Å²) in [5, 5.41) is 20.3. The van der Waals surface area contributed by atoms with E-state index >= 15 is 0 Å². The zero-order chi connectivity index (χ0) is 19.8. The van der Waals surface area contributed by atoms with E-state index in [1.54, 1.807) is 23.9 Å². The van der Waals surface area contributed by atoms with Gasteiger partial charge in [0.1, 0.15) is 11.6 Å². The van der Waals surface area contributed by atoms with E-state index < -0.39 is 11.9 Å². The molecule has 0 atom stereocenters. The number of aliphatic carboxylic acids is 1. The van der Waals surface area contributed by atoms with E-state index in [0.29, 0.717) is 17.4 Å². The summed E-state index contributed by atoms with van der Waals surface area (Å²) >= 11 is 1.55. The van der Waals surface area contributed by atoms with Gasteiger partial charge >= 0.3 is 5.97 Å². The summed E-state index contributed by atoms with van der Waals surface area (Å²) in [6.45, 7) is 3.14. The first kappa shape index (κ1) is 21.0. The summed E-state index contributed by atoms with van der Waals surface area (Å²) in [5.41, 5.74) is 0. The summed E-state index contributed by atoms with van der Waals surface area (Å²) in [5.74, 6) is 1.74. The van der Waals surface area contributed by atoms with E-state index in [0.717, 1.165) is 43.8 Å². The van der Waals surface area contributed by atoms with Gasteiger partial charge in [-0.1, -0.05) is 11.8 Å². The van der Waals surface area contributed by atoms with Crippen LogP contribution in [0.5, 0.6) is 0 Å². The number of piperidine rings is 1. The number of esters is 1. The molecular formula is C17H24N4O5S. The number of ether oxygens (including phenoxy) is 1. The molecule has 27 heavy (non-hydrogen) atoms. The SMILES string of the molecule is CC(=O)O.COC(=O)c1ccc(CSc2nnc(C3CCNCC3)n2C)o1. The Balaban J connectivity index is 0.000000596. The molecule has 148 valence electrons. The number of methoxy groups -OCH3 is 1. The number of rotatable bonds is 5. The molecule has 0 aliphatic carbocycles.